The van der Waals surface area contributed by atoms with Gasteiger partial charge in [0.1, 0.15) is 0 Å². The fraction of sp³-hybridized carbons (Fsp3) is 0.789. The van der Waals surface area contributed by atoms with E-state index in [1.165, 1.54) is 0 Å². The molecule has 0 bridgehead atoms. The molecule has 1 saturated heterocycles. The van der Waals surface area contributed by atoms with Gasteiger partial charge in [-0.3, -0.25) is 9.59 Å². The standard InChI is InChI=1S/C19H30O5/c1-2-3-4-6-11-23-18(21)9-8-15-13-16(14-17(15)20)19(22)10-5-7-12-24-19/h13,16,22H,2-12,14H2,1H3. The molecule has 0 saturated carbocycles. The Hall–Kier alpha value is -1.20. The predicted octanol–water partition coefficient (Wildman–Crippen LogP) is 3.29. The van der Waals surface area contributed by atoms with Crippen LogP contribution in [0.3, 0.4) is 0 Å². The number of hydrogen-bond acceptors (Lipinski definition) is 5. The summed E-state index contributed by atoms with van der Waals surface area (Å²) in [7, 11) is 0. The lowest BCUT2D eigenvalue weighted by molar-refractivity contribution is -0.246. The fourth-order valence-corrected chi connectivity index (χ4v) is 3.36. The van der Waals surface area contributed by atoms with E-state index in [1.54, 1.807) is 0 Å². The summed E-state index contributed by atoms with van der Waals surface area (Å²) in [5.41, 5.74) is 0.630. The number of carbonyl (C=O) groups excluding carboxylic acids is 2. The van der Waals surface area contributed by atoms with Crippen molar-refractivity contribution in [1.82, 2.24) is 0 Å². The first-order chi connectivity index (χ1) is 11.5. The van der Waals surface area contributed by atoms with E-state index in [-0.39, 0.29) is 30.5 Å². The van der Waals surface area contributed by atoms with E-state index in [4.69, 9.17) is 9.47 Å². The van der Waals surface area contributed by atoms with Gasteiger partial charge in [-0.1, -0.05) is 32.3 Å². The van der Waals surface area contributed by atoms with Gasteiger partial charge in [-0.05, 0) is 31.3 Å². The van der Waals surface area contributed by atoms with Crippen molar-refractivity contribution in [3.8, 4) is 0 Å². The average molecular weight is 338 g/mol. The van der Waals surface area contributed by atoms with Gasteiger partial charge in [0.15, 0.2) is 11.6 Å². The van der Waals surface area contributed by atoms with Gasteiger partial charge in [-0.25, -0.2) is 0 Å². The van der Waals surface area contributed by atoms with Crippen molar-refractivity contribution >= 4 is 11.8 Å². The molecule has 1 fully saturated rings. The first-order valence-electron chi connectivity index (χ1n) is 9.31. The molecular weight excluding hydrogens is 308 g/mol. The molecule has 0 amide bonds. The van der Waals surface area contributed by atoms with Crippen LogP contribution < -0.4 is 0 Å². The molecule has 24 heavy (non-hydrogen) atoms. The minimum Gasteiger partial charge on any atom is -0.466 e. The molecule has 1 heterocycles. The number of hydrogen-bond donors (Lipinski definition) is 1. The third-order valence-electron chi connectivity index (χ3n) is 4.89. The summed E-state index contributed by atoms with van der Waals surface area (Å²) < 4.78 is 10.7. The lowest BCUT2D eigenvalue weighted by Gasteiger charge is -2.36. The summed E-state index contributed by atoms with van der Waals surface area (Å²) >= 11 is 0. The van der Waals surface area contributed by atoms with Gasteiger partial charge < -0.3 is 14.6 Å². The molecule has 0 aromatic heterocycles. The zero-order chi connectivity index (χ0) is 17.4. The van der Waals surface area contributed by atoms with Crippen LogP contribution in [-0.2, 0) is 19.1 Å². The van der Waals surface area contributed by atoms with Crippen LogP contribution in [0.1, 0.15) is 71.1 Å². The first-order valence-corrected chi connectivity index (χ1v) is 9.31. The van der Waals surface area contributed by atoms with Crippen molar-refractivity contribution in [2.45, 2.75) is 76.9 Å². The van der Waals surface area contributed by atoms with E-state index in [2.05, 4.69) is 6.92 Å². The molecule has 2 unspecified atom stereocenters. The van der Waals surface area contributed by atoms with Crippen LogP contribution in [-0.4, -0.2) is 35.9 Å². The zero-order valence-corrected chi connectivity index (χ0v) is 14.7. The Labute approximate surface area is 144 Å². The van der Waals surface area contributed by atoms with E-state index in [1.807, 2.05) is 6.08 Å². The first kappa shape index (κ1) is 19.1. The van der Waals surface area contributed by atoms with Crippen LogP contribution in [0.2, 0.25) is 0 Å². The van der Waals surface area contributed by atoms with Gasteiger partial charge in [-0.2, -0.15) is 0 Å². The average Bonchev–Trinajstić information content (AvgIpc) is 2.95. The molecule has 136 valence electrons. The Morgan fingerprint density at radius 2 is 2.21 bits per heavy atom. The number of Topliss-reactive ketones (excluding diaryl/α,β-unsaturated/α-hetero) is 1. The molecule has 0 aromatic rings. The summed E-state index contributed by atoms with van der Waals surface area (Å²) in [6.45, 7) is 3.14. The van der Waals surface area contributed by atoms with Gasteiger partial charge in [-0.15, -0.1) is 0 Å². The molecule has 5 heteroatoms. The van der Waals surface area contributed by atoms with Crippen molar-refractivity contribution in [2.24, 2.45) is 5.92 Å². The molecule has 1 aliphatic heterocycles. The van der Waals surface area contributed by atoms with Gasteiger partial charge in [0, 0.05) is 25.2 Å². The van der Waals surface area contributed by atoms with Crippen LogP contribution in [0, 0.1) is 5.92 Å². The van der Waals surface area contributed by atoms with Crippen LogP contribution in [0.4, 0.5) is 0 Å². The van der Waals surface area contributed by atoms with E-state index < -0.39 is 5.79 Å². The molecule has 2 aliphatic rings. The SMILES string of the molecule is CCCCCCOC(=O)CCC1=CC(C2(O)CCCCO2)CC1=O. The van der Waals surface area contributed by atoms with E-state index >= 15 is 0 Å². The van der Waals surface area contributed by atoms with Gasteiger partial charge in [0.05, 0.1) is 13.2 Å². The Morgan fingerprint density at radius 3 is 2.92 bits per heavy atom. The maximum atomic E-state index is 12.1. The van der Waals surface area contributed by atoms with Gasteiger partial charge in [0.25, 0.3) is 0 Å². The van der Waals surface area contributed by atoms with Gasteiger partial charge in [0.2, 0.25) is 0 Å². The minimum atomic E-state index is -1.21. The molecule has 1 N–H and O–H groups in total. The highest BCUT2D eigenvalue weighted by molar-refractivity contribution is 5.98. The van der Waals surface area contributed by atoms with Crippen molar-refractivity contribution < 1.29 is 24.2 Å². The van der Waals surface area contributed by atoms with Crippen molar-refractivity contribution in [1.29, 1.82) is 0 Å². The topological polar surface area (TPSA) is 72.8 Å². The molecule has 2 rings (SSSR count). The third-order valence-corrected chi connectivity index (χ3v) is 4.89. The second-order valence-corrected chi connectivity index (χ2v) is 6.86. The highest BCUT2D eigenvalue weighted by atomic mass is 16.6. The summed E-state index contributed by atoms with van der Waals surface area (Å²) in [6.07, 6.45) is 9.40. The van der Waals surface area contributed by atoms with Crippen molar-refractivity contribution in [3.63, 3.8) is 0 Å². The van der Waals surface area contributed by atoms with Crippen LogP contribution in [0.25, 0.3) is 0 Å². The van der Waals surface area contributed by atoms with E-state index in [0.717, 1.165) is 38.5 Å². The molecule has 5 nitrogen and oxygen atoms in total. The van der Waals surface area contributed by atoms with E-state index in [0.29, 0.717) is 31.6 Å². The molecule has 0 aromatic carbocycles. The molecule has 0 radical (unpaired) electrons. The Bertz CT molecular complexity index is 462. The highest BCUT2D eigenvalue weighted by Gasteiger charge is 2.42. The maximum Gasteiger partial charge on any atom is 0.306 e. The minimum absolute atomic E-state index is 0.0124. The predicted molar refractivity (Wildman–Crippen MR) is 90.3 cm³/mol. The second kappa shape index (κ2) is 9.33. The number of aliphatic hydroxyl groups is 1. The molecule has 0 spiro atoms. The highest BCUT2D eigenvalue weighted by Crippen LogP contribution is 2.38. The molecule has 2 atom stereocenters. The number of ketones is 1. The Morgan fingerprint density at radius 1 is 1.38 bits per heavy atom. The summed E-state index contributed by atoms with van der Waals surface area (Å²) in [4.78, 5) is 23.9. The maximum absolute atomic E-state index is 12.1. The smallest absolute Gasteiger partial charge is 0.306 e. The van der Waals surface area contributed by atoms with Crippen molar-refractivity contribution in [2.75, 3.05) is 13.2 Å². The van der Waals surface area contributed by atoms with Crippen LogP contribution in [0.15, 0.2) is 11.6 Å². The van der Waals surface area contributed by atoms with Crippen LogP contribution in [0.5, 0.6) is 0 Å². The normalized spacial score (nSPS) is 27.2. The largest absolute Gasteiger partial charge is 0.466 e. The van der Waals surface area contributed by atoms with Crippen molar-refractivity contribution in [3.05, 3.63) is 11.6 Å². The number of allylic oxidation sites excluding steroid dienone is 1. The summed E-state index contributed by atoms with van der Waals surface area (Å²) in [6, 6.07) is 0. The number of unbranched alkanes of at least 4 members (excludes halogenated alkanes) is 3. The number of carbonyl (C=O) groups is 2. The third kappa shape index (κ3) is 5.42. The summed E-state index contributed by atoms with van der Waals surface area (Å²) in [5, 5.41) is 10.6. The fourth-order valence-electron chi connectivity index (χ4n) is 3.36. The van der Waals surface area contributed by atoms with Gasteiger partial charge >= 0.3 is 5.97 Å². The quantitative estimate of drug-likeness (QED) is 0.516. The number of rotatable bonds is 9. The van der Waals surface area contributed by atoms with Crippen LogP contribution >= 0.6 is 0 Å². The number of ether oxygens (including phenoxy) is 2. The number of esters is 1. The second-order valence-electron chi connectivity index (χ2n) is 6.86. The zero-order valence-electron chi connectivity index (χ0n) is 14.7. The summed E-state index contributed by atoms with van der Waals surface area (Å²) in [5.74, 6) is -1.74. The molecule has 1 aliphatic carbocycles. The van der Waals surface area contributed by atoms with E-state index in [9.17, 15) is 14.7 Å². The Kier molecular flexibility index (Phi) is 7.43. The Balaban J connectivity index is 1.74. The lowest BCUT2D eigenvalue weighted by atomic mass is 9.91. The molecular formula is C19H30O5. The lowest BCUT2D eigenvalue weighted by Crippen LogP contribution is -2.42. The monoisotopic (exact) mass is 338 g/mol.